The molecule has 6 nitrogen and oxygen atoms in total. The molecule has 1 fully saturated rings. The van der Waals surface area contributed by atoms with Crippen LogP contribution in [0.2, 0.25) is 0 Å². The molecule has 3 heterocycles. The Bertz CT molecular complexity index is 887. The SMILES string of the molecule is O=C1CCc2cc(/C=C/C(=O)N3CCN(Cc4ccccc4)CC3)cnc2N1. The van der Waals surface area contributed by atoms with Crippen molar-refractivity contribution in [2.75, 3.05) is 31.5 Å². The van der Waals surface area contributed by atoms with Crippen molar-refractivity contribution >= 4 is 23.7 Å². The zero-order valence-electron chi connectivity index (χ0n) is 15.8. The standard InChI is InChI=1S/C22H24N4O2/c27-20-8-7-19-14-18(15-23-22(19)24-20)6-9-21(28)26-12-10-25(11-13-26)16-17-4-2-1-3-5-17/h1-6,9,14-15H,7-8,10-13,16H2,(H,23,24,27)/b9-6+. The van der Waals surface area contributed by atoms with Gasteiger partial charge in [-0.05, 0) is 35.3 Å². The molecule has 1 N–H and O–H groups in total. The highest BCUT2D eigenvalue weighted by Crippen LogP contribution is 2.21. The van der Waals surface area contributed by atoms with Crippen molar-refractivity contribution in [3.05, 3.63) is 65.4 Å². The third kappa shape index (κ3) is 4.46. The van der Waals surface area contributed by atoms with E-state index in [2.05, 4.69) is 39.5 Å². The lowest BCUT2D eigenvalue weighted by Crippen LogP contribution is -2.47. The molecule has 1 saturated heterocycles. The molecule has 2 amide bonds. The highest BCUT2D eigenvalue weighted by Gasteiger charge is 2.20. The summed E-state index contributed by atoms with van der Waals surface area (Å²) >= 11 is 0. The second kappa shape index (κ2) is 8.35. The first kappa shape index (κ1) is 18.4. The number of carbonyl (C=O) groups excluding carboxylic acids is 2. The largest absolute Gasteiger partial charge is 0.337 e. The maximum absolute atomic E-state index is 12.5. The van der Waals surface area contributed by atoms with Gasteiger partial charge in [0.2, 0.25) is 11.8 Å². The summed E-state index contributed by atoms with van der Waals surface area (Å²) in [4.78, 5) is 32.5. The lowest BCUT2D eigenvalue weighted by molar-refractivity contribution is -0.127. The van der Waals surface area contributed by atoms with Gasteiger partial charge in [-0.2, -0.15) is 0 Å². The Balaban J connectivity index is 1.30. The van der Waals surface area contributed by atoms with E-state index in [0.717, 1.165) is 43.9 Å². The van der Waals surface area contributed by atoms with Crippen molar-refractivity contribution in [1.29, 1.82) is 0 Å². The van der Waals surface area contributed by atoms with E-state index >= 15 is 0 Å². The van der Waals surface area contributed by atoms with Crippen molar-refractivity contribution in [3.63, 3.8) is 0 Å². The lowest BCUT2D eigenvalue weighted by Gasteiger charge is -2.34. The number of benzene rings is 1. The van der Waals surface area contributed by atoms with Crippen LogP contribution in [0.4, 0.5) is 5.82 Å². The summed E-state index contributed by atoms with van der Waals surface area (Å²) in [5.74, 6) is 0.671. The maximum atomic E-state index is 12.5. The number of fused-ring (bicyclic) bond motifs is 1. The van der Waals surface area contributed by atoms with Crippen LogP contribution in [-0.2, 0) is 22.6 Å². The van der Waals surface area contributed by atoms with Crippen molar-refractivity contribution < 1.29 is 9.59 Å². The van der Waals surface area contributed by atoms with Gasteiger partial charge in [0, 0.05) is 51.4 Å². The Morgan fingerprint density at radius 3 is 2.68 bits per heavy atom. The van der Waals surface area contributed by atoms with Crippen LogP contribution < -0.4 is 5.32 Å². The number of aromatic nitrogens is 1. The topological polar surface area (TPSA) is 65.5 Å². The number of carbonyl (C=O) groups is 2. The van der Waals surface area contributed by atoms with E-state index < -0.39 is 0 Å². The summed E-state index contributed by atoms with van der Waals surface area (Å²) < 4.78 is 0. The fraction of sp³-hybridized carbons (Fsp3) is 0.318. The van der Waals surface area contributed by atoms with Gasteiger partial charge >= 0.3 is 0 Å². The summed E-state index contributed by atoms with van der Waals surface area (Å²) in [7, 11) is 0. The van der Waals surface area contributed by atoms with Gasteiger partial charge in [-0.25, -0.2) is 4.98 Å². The number of pyridine rings is 1. The van der Waals surface area contributed by atoms with E-state index in [4.69, 9.17) is 0 Å². The normalized spacial score (nSPS) is 17.4. The van der Waals surface area contributed by atoms with Crippen LogP contribution in [-0.4, -0.2) is 52.8 Å². The molecular formula is C22H24N4O2. The minimum absolute atomic E-state index is 0.00452. The van der Waals surface area contributed by atoms with E-state index in [9.17, 15) is 9.59 Å². The van der Waals surface area contributed by atoms with E-state index in [1.54, 1.807) is 12.3 Å². The number of amides is 2. The molecular weight excluding hydrogens is 352 g/mol. The van der Waals surface area contributed by atoms with Crippen LogP contribution in [0.1, 0.15) is 23.1 Å². The number of aryl methyl sites for hydroxylation is 1. The second-order valence-corrected chi connectivity index (χ2v) is 7.24. The summed E-state index contributed by atoms with van der Waals surface area (Å²) in [6.45, 7) is 4.17. The van der Waals surface area contributed by atoms with Gasteiger partial charge in [-0.1, -0.05) is 30.3 Å². The van der Waals surface area contributed by atoms with Crippen molar-refractivity contribution in [3.8, 4) is 0 Å². The first-order valence-electron chi connectivity index (χ1n) is 9.69. The summed E-state index contributed by atoms with van der Waals surface area (Å²) in [5, 5.41) is 2.77. The van der Waals surface area contributed by atoms with Gasteiger partial charge in [0.1, 0.15) is 5.82 Å². The molecule has 0 bridgehead atoms. The Labute approximate surface area is 164 Å². The highest BCUT2D eigenvalue weighted by atomic mass is 16.2. The Morgan fingerprint density at radius 1 is 1.11 bits per heavy atom. The first-order valence-corrected chi connectivity index (χ1v) is 9.69. The van der Waals surface area contributed by atoms with Gasteiger partial charge in [0.25, 0.3) is 0 Å². The van der Waals surface area contributed by atoms with E-state index in [0.29, 0.717) is 18.7 Å². The Hall–Kier alpha value is -2.99. The zero-order valence-corrected chi connectivity index (χ0v) is 15.8. The second-order valence-electron chi connectivity index (χ2n) is 7.24. The number of nitrogens with one attached hydrogen (secondary N) is 1. The summed E-state index contributed by atoms with van der Waals surface area (Å²) in [6.07, 6.45) is 6.28. The fourth-order valence-corrected chi connectivity index (χ4v) is 3.61. The Kier molecular flexibility index (Phi) is 5.48. The molecule has 0 spiro atoms. The quantitative estimate of drug-likeness (QED) is 0.832. The fourth-order valence-electron chi connectivity index (χ4n) is 3.61. The molecule has 0 atom stereocenters. The molecule has 6 heteroatoms. The lowest BCUT2D eigenvalue weighted by atomic mass is 10.0. The molecule has 2 aromatic rings. The number of nitrogens with zero attached hydrogens (tertiary/aromatic N) is 3. The molecule has 28 heavy (non-hydrogen) atoms. The number of hydrogen-bond acceptors (Lipinski definition) is 4. The predicted molar refractivity (Wildman–Crippen MR) is 109 cm³/mol. The molecule has 1 aromatic heterocycles. The van der Waals surface area contributed by atoms with Gasteiger partial charge in [0.05, 0.1) is 0 Å². The van der Waals surface area contributed by atoms with Crippen LogP contribution in [0, 0.1) is 0 Å². The van der Waals surface area contributed by atoms with Crippen molar-refractivity contribution in [2.45, 2.75) is 19.4 Å². The highest BCUT2D eigenvalue weighted by molar-refractivity contribution is 5.93. The summed E-state index contributed by atoms with van der Waals surface area (Å²) in [5.41, 5.74) is 3.20. The maximum Gasteiger partial charge on any atom is 0.246 e. The third-order valence-corrected chi connectivity index (χ3v) is 5.22. The third-order valence-electron chi connectivity index (χ3n) is 5.22. The van der Waals surface area contributed by atoms with Crippen LogP contribution >= 0.6 is 0 Å². The van der Waals surface area contributed by atoms with Crippen LogP contribution in [0.25, 0.3) is 6.08 Å². The molecule has 1 aromatic carbocycles. The molecule has 0 aliphatic carbocycles. The number of hydrogen-bond donors (Lipinski definition) is 1. The Morgan fingerprint density at radius 2 is 1.89 bits per heavy atom. The predicted octanol–water partition coefficient (Wildman–Crippen LogP) is 2.32. The number of piperazine rings is 1. The van der Waals surface area contributed by atoms with E-state index in [1.807, 2.05) is 23.1 Å². The monoisotopic (exact) mass is 376 g/mol. The van der Waals surface area contributed by atoms with Crippen molar-refractivity contribution in [1.82, 2.24) is 14.8 Å². The van der Waals surface area contributed by atoms with E-state index in [1.165, 1.54) is 5.56 Å². The molecule has 0 unspecified atom stereocenters. The van der Waals surface area contributed by atoms with Gasteiger partial charge in [0.15, 0.2) is 0 Å². The van der Waals surface area contributed by atoms with Crippen LogP contribution in [0.3, 0.4) is 0 Å². The first-order chi connectivity index (χ1) is 13.7. The molecule has 2 aliphatic rings. The van der Waals surface area contributed by atoms with Crippen molar-refractivity contribution in [2.24, 2.45) is 0 Å². The average molecular weight is 376 g/mol. The van der Waals surface area contributed by atoms with Gasteiger partial charge in [-0.15, -0.1) is 0 Å². The molecule has 144 valence electrons. The summed E-state index contributed by atoms with van der Waals surface area (Å²) in [6, 6.07) is 12.4. The van der Waals surface area contributed by atoms with Gasteiger partial charge < -0.3 is 10.2 Å². The minimum atomic E-state index is 0.00452. The van der Waals surface area contributed by atoms with Gasteiger partial charge in [-0.3, -0.25) is 14.5 Å². The number of anilines is 1. The van der Waals surface area contributed by atoms with Crippen LogP contribution in [0.5, 0.6) is 0 Å². The zero-order chi connectivity index (χ0) is 19.3. The smallest absolute Gasteiger partial charge is 0.246 e. The molecule has 4 rings (SSSR count). The van der Waals surface area contributed by atoms with E-state index in [-0.39, 0.29) is 11.8 Å². The average Bonchev–Trinajstić information content (AvgIpc) is 2.73. The minimum Gasteiger partial charge on any atom is -0.337 e. The molecule has 0 radical (unpaired) electrons. The molecule has 0 saturated carbocycles. The molecule has 2 aliphatic heterocycles. The number of rotatable bonds is 4. The van der Waals surface area contributed by atoms with Crippen LogP contribution in [0.15, 0.2) is 48.7 Å².